The fraction of sp³-hybridized carbons (Fsp3) is 0.579. The molecule has 0 spiro atoms. The molecular weight excluding hydrogens is 290 g/mol. The van der Waals surface area contributed by atoms with Crippen molar-refractivity contribution in [2.45, 2.75) is 50.7 Å². The van der Waals surface area contributed by atoms with Gasteiger partial charge in [0.1, 0.15) is 0 Å². The Balaban J connectivity index is 2.02. The van der Waals surface area contributed by atoms with E-state index < -0.39 is 0 Å². The van der Waals surface area contributed by atoms with E-state index in [4.69, 9.17) is 9.47 Å². The van der Waals surface area contributed by atoms with Gasteiger partial charge in [0.15, 0.2) is 11.5 Å². The van der Waals surface area contributed by atoms with Crippen molar-refractivity contribution in [2.75, 3.05) is 20.7 Å². The molecule has 0 bridgehead atoms. The van der Waals surface area contributed by atoms with Gasteiger partial charge in [-0.15, -0.1) is 0 Å². The van der Waals surface area contributed by atoms with E-state index in [0.717, 1.165) is 37.3 Å². The van der Waals surface area contributed by atoms with Gasteiger partial charge in [-0.2, -0.15) is 0 Å². The van der Waals surface area contributed by atoms with E-state index in [1.165, 1.54) is 11.3 Å². The summed E-state index contributed by atoms with van der Waals surface area (Å²) in [5, 5.41) is 10.0. The first-order valence-corrected chi connectivity index (χ1v) is 8.43. The number of nitrogens with zero attached hydrogens (tertiary/aromatic N) is 1. The number of allylic oxidation sites excluding steroid dienone is 1. The number of ether oxygens (including phenoxy) is 2. The second-order valence-corrected chi connectivity index (χ2v) is 6.94. The summed E-state index contributed by atoms with van der Waals surface area (Å²) in [6.45, 7) is 5.05. The number of aliphatic hydroxyl groups excluding tert-OH is 1. The van der Waals surface area contributed by atoms with Crippen molar-refractivity contribution < 1.29 is 14.6 Å². The standard InChI is InChI=1S/C19H27NO3/c1-13(2)23-16-6-5-14(11-17(16)22-4)19-8-7-15(21)12-18(19)20(3)10-9-19/h5-6,11-13,15,21H,7-10H2,1-4H3/t15-,19+/m1/s1. The van der Waals surface area contributed by atoms with Gasteiger partial charge in [-0.1, -0.05) is 6.07 Å². The third-order valence-electron chi connectivity index (χ3n) is 5.07. The van der Waals surface area contributed by atoms with Crippen molar-refractivity contribution in [1.29, 1.82) is 0 Å². The first-order valence-electron chi connectivity index (χ1n) is 8.43. The quantitative estimate of drug-likeness (QED) is 0.926. The van der Waals surface area contributed by atoms with Gasteiger partial charge >= 0.3 is 0 Å². The first kappa shape index (κ1) is 16.2. The molecule has 1 fully saturated rings. The minimum Gasteiger partial charge on any atom is -0.493 e. The van der Waals surface area contributed by atoms with Crippen LogP contribution in [0, 0.1) is 0 Å². The van der Waals surface area contributed by atoms with E-state index in [9.17, 15) is 5.11 Å². The number of methoxy groups -OCH3 is 1. The number of benzene rings is 1. The van der Waals surface area contributed by atoms with Crippen LogP contribution in [0.3, 0.4) is 0 Å². The van der Waals surface area contributed by atoms with E-state index >= 15 is 0 Å². The van der Waals surface area contributed by atoms with Crippen LogP contribution in [0.5, 0.6) is 11.5 Å². The van der Waals surface area contributed by atoms with Crippen LogP contribution in [0.2, 0.25) is 0 Å². The Morgan fingerprint density at radius 2 is 2.04 bits per heavy atom. The fourth-order valence-electron chi connectivity index (χ4n) is 3.93. The van der Waals surface area contributed by atoms with Gasteiger partial charge in [0.25, 0.3) is 0 Å². The van der Waals surface area contributed by atoms with Crippen molar-refractivity contribution >= 4 is 0 Å². The van der Waals surface area contributed by atoms with Gasteiger partial charge < -0.3 is 19.5 Å². The second kappa shape index (κ2) is 6.08. The molecule has 1 aliphatic heterocycles. The van der Waals surface area contributed by atoms with Gasteiger partial charge in [-0.3, -0.25) is 0 Å². The zero-order valence-corrected chi connectivity index (χ0v) is 14.5. The third-order valence-corrected chi connectivity index (χ3v) is 5.07. The number of hydrogen-bond acceptors (Lipinski definition) is 4. The average Bonchev–Trinajstić information content (AvgIpc) is 2.85. The Bertz CT molecular complexity index is 611. The predicted octanol–water partition coefficient (Wildman–Crippen LogP) is 3.09. The van der Waals surface area contributed by atoms with Gasteiger partial charge in [0.05, 0.1) is 19.3 Å². The predicted molar refractivity (Wildman–Crippen MR) is 91.0 cm³/mol. The molecule has 3 rings (SSSR count). The number of fused-ring (bicyclic) bond motifs is 1. The summed E-state index contributed by atoms with van der Waals surface area (Å²) in [6, 6.07) is 6.29. The molecule has 0 saturated carbocycles. The van der Waals surface area contributed by atoms with Crippen LogP contribution in [-0.2, 0) is 5.41 Å². The van der Waals surface area contributed by atoms with Crippen molar-refractivity contribution in [3.8, 4) is 11.5 Å². The number of rotatable bonds is 4. The third kappa shape index (κ3) is 2.80. The summed E-state index contributed by atoms with van der Waals surface area (Å²) in [4.78, 5) is 2.27. The molecule has 2 aliphatic rings. The van der Waals surface area contributed by atoms with Crippen LogP contribution in [-0.4, -0.2) is 42.9 Å². The lowest BCUT2D eigenvalue weighted by molar-refractivity contribution is 0.181. The molecule has 4 nitrogen and oxygen atoms in total. The molecule has 1 aromatic rings. The van der Waals surface area contributed by atoms with Crippen molar-refractivity contribution in [2.24, 2.45) is 0 Å². The summed E-state index contributed by atoms with van der Waals surface area (Å²) in [5.41, 5.74) is 2.50. The van der Waals surface area contributed by atoms with Crippen LogP contribution in [0.1, 0.15) is 38.7 Å². The Morgan fingerprint density at radius 1 is 1.26 bits per heavy atom. The van der Waals surface area contributed by atoms with E-state index in [1.54, 1.807) is 7.11 Å². The van der Waals surface area contributed by atoms with Crippen molar-refractivity contribution in [1.82, 2.24) is 4.90 Å². The summed E-state index contributed by atoms with van der Waals surface area (Å²) >= 11 is 0. The highest BCUT2D eigenvalue weighted by Crippen LogP contribution is 2.50. The summed E-state index contributed by atoms with van der Waals surface area (Å²) in [5.74, 6) is 1.57. The Hall–Kier alpha value is -1.68. The lowest BCUT2D eigenvalue weighted by atomic mass is 9.70. The van der Waals surface area contributed by atoms with Crippen molar-refractivity contribution in [3.63, 3.8) is 0 Å². The van der Waals surface area contributed by atoms with Crippen LogP contribution in [0.4, 0.5) is 0 Å². The maximum absolute atomic E-state index is 10.0. The minimum absolute atomic E-state index is 0.00236. The molecule has 0 unspecified atom stereocenters. The molecule has 1 saturated heterocycles. The maximum atomic E-state index is 10.0. The van der Waals surface area contributed by atoms with Crippen LogP contribution in [0.15, 0.2) is 30.0 Å². The topological polar surface area (TPSA) is 41.9 Å². The lowest BCUT2D eigenvalue weighted by Gasteiger charge is -2.37. The van der Waals surface area contributed by atoms with E-state index in [2.05, 4.69) is 24.1 Å². The summed E-state index contributed by atoms with van der Waals surface area (Å²) in [6.07, 6.45) is 4.67. The Morgan fingerprint density at radius 3 is 2.74 bits per heavy atom. The normalized spacial score (nSPS) is 27.0. The molecule has 0 aromatic heterocycles. The van der Waals surface area contributed by atoms with Gasteiger partial charge in [-0.05, 0) is 56.9 Å². The molecule has 1 aromatic carbocycles. The molecule has 1 aliphatic carbocycles. The van der Waals surface area contributed by atoms with Crippen LogP contribution < -0.4 is 9.47 Å². The highest BCUT2D eigenvalue weighted by Gasteiger charge is 2.45. The number of aliphatic hydroxyl groups is 1. The Labute approximate surface area is 138 Å². The smallest absolute Gasteiger partial charge is 0.161 e. The number of likely N-dealkylation sites (N-methyl/N-ethyl adjacent to an activating group) is 1. The monoisotopic (exact) mass is 317 g/mol. The van der Waals surface area contributed by atoms with Crippen LogP contribution >= 0.6 is 0 Å². The summed E-state index contributed by atoms with van der Waals surface area (Å²) in [7, 11) is 3.80. The molecular formula is C19H27NO3. The fourth-order valence-corrected chi connectivity index (χ4v) is 3.93. The molecule has 23 heavy (non-hydrogen) atoms. The van der Waals surface area contributed by atoms with Gasteiger partial charge in [0, 0.05) is 24.7 Å². The minimum atomic E-state index is -0.330. The van der Waals surface area contributed by atoms with E-state index in [-0.39, 0.29) is 17.6 Å². The van der Waals surface area contributed by atoms with Crippen molar-refractivity contribution in [3.05, 3.63) is 35.5 Å². The van der Waals surface area contributed by atoms with Gasteiger partial charge in [-0.25, -0.2) is 0 Å². The zero-order chi connectivity index (χ0) is 16.6. The average molecular weight is 317 g/mol. The van der Waals surface area contributed by atoms with Crippen LogP contribution in [0.25, 0.3) is 0 Å². The zero-order valence-electron chi connectivity index (χ0n) is 14.5. The number of hydrogen-bond donors (Lipinski definition) is 1. The second-order valence-electron chi connectivity index (χ2n) is 6.94. The SMILES string of the molecule is COc1cc([C@@]23CC[C@@H](O)C=C2N(C)CC3)ccc1OC(C)C. The largest absolute Gasteiger partial charge is 0.493 e. The number of likely N-dealkylation sites (tertiary alicyclic amines) is 1. The molecule has 126 valence electrons. The first-order chi connectivity index (χ1) is 11.0. The van der Waals surface area contributed by atoms with E-state index in [1.807, 2.05) is 26.0 Å². The molecule has 2 atom stereocenters. The highest BCUT2D eigenvalue weighted by atomic mass is 16.5. The lowest BCUT2D eigenvalue weighted by Crippen LogP contribution is -2.33. The molecule has 0 amide bonds. The Kier molecular flexibility index (Phi) is 4.28. The molecule has 1 heterocycles. The molecule has 0 radical (unpaired) electrons. The summed E-state index contributed by atoms with van der Waals surface area (Å²) < 4.78 is 11.4. The maximum Gasteiger partial charge on any atom is 0.161 e. The van der Waals surface area contributed by atoms with Gasteiger partial charge in [0.2, 0.25) is 0 Å². The molecule has 4 heteroatoms. The highest BCUT2D eigenvalue weighted by molar-refractivity contribution is 5.49. The molecule has 1 N–H and O–H groups in total. The van der Waals surface area contributed by atoms with E-state index in [0.29, 0.717) is 0 Å².